The molecule has 0 unspecified atom stereocenters. The van der Waals surface area contributed by atoms with Gasteiger partial charge in [0.1, 0.15) is 5.82 Å². The molecule has 1 N–H and O–H groups in total. The van der Waals surface area contributed by atoms with Gasteiger partial charge in [-0.3, -0.25) is 0 Å². The van der Waals surface area contributed by atoms with Crippen LogP contribution in [0.5, 0.6) is 0 Å². The van der Waals surface area contributed by atoms with E-state index in [2.05, 4.69) is 6.07 Å². The molecule has 0 aliphatic heterocycles. The van der Waals surface area contributed by atoms with Gasteiger partial charge in [0.15, 0.2) is 0 Å². The van der Waals surface area contributed by atoms with Crippen molar-refractivity contribution in [3.05, 3.63) is 70.5 Å². The Morgan fingerprint density at radius 1 is 1.20 bits per heavy atom. The molecule has 104 valence electrons. The Morgan fingerprint density at radius 2 is 2.00 bits per heavy atom. The molecule has 0 fully saturated rings. The lowest BCUT2D eigenvalue weighted by Crippen LogP contribution is -2.02. The molecule has 0 atom stereocenters. The van der Waals surface area contributed by atoms with Crippen LogP contribution in [0.25, 0.3) is 0 Å². The van der Waals surface area contributed by atoms with Crippen LogP contribution in [0.1, 0.15) is 27.0 Å². The lowest BCUT2D eigenvalue weighted by Gasteiger charge is -2.07. The number of carboxylic acid groups (broad SMARTS) is 1. The van der Waals surface area contributed by atoms with Crippen LogP contribution in [0.3, 0.4) is 0 Å². The van der Waals surface area contributed by atoms with Crippen LogP contribution in [0.4, 0.5) is 4.39 Å². The quantitative estimate of drug-likeness (QED) is 0.893. The number of aryl methyl sites for hydroxylation is 1. The topological polar surface area (TPSA) is 37.3 Å². The van der Waals surface area contributed by atoms with Crippen LogP contribution in [0.2, 0.25) is 0 Å². The predicted octanol–water partition coefficient (Wildman–Crippen LogP) is 4.27. The van der Waals surface area contributed by atoms with E-state index in [1.165, 1.54) is 17.2 Å². The minimum absolute atomic E-state index is 0.0433. The molecular weight excluding hydrogens is 275 g/mol. The molecule has 2 aromatic carbocycles. The number of benzene rings is 2. The van der Waals surface area contributed by atoms with E-state index in [1.54, 1.807) is 17.8 Å². The molecule has 0 saturated carbocycles. The average Bonchev–Trinajstić information content (AvgIpc) is 2.40. The lowest BCUT2D eigenvalue weighted by molar-refractivity contribution is 0.0695. The van der Waals surface area contributed by atoms with Gasteiger partial charge in [-0.25, -0.2) is 9.18 Å². The summed E-state index contributed by atoms with van der Waals surface area (Å²) in [5.74, 6) is -0.251. The first-order valence-electron chi connectivity index (χ1n) is 6.21. The number of thioether (sulfide) groups is 1. The van der Waals surface area contributed by atoms with Gasteiger partial charge < -0.3 is 5.11 Å². The number of halogens is 1. The fourth-order valence-electron chi connectivity index (χ4n) is 1.95. The molecule has 0 amide bonds. The molecule has 4 heteroatoms. The minimum Gasteiger partial charge on any atom is -0.478 e. The van der Waals surface area contributed by atoms with Gasteiger partial charge in [0.25, 0.3) is 0 Å². The summed E-state index contributed by atoms with van der Waals surface area (Å²) in [6.45, 7) is 2.04. The van der Waals surface area contributed by atoms with Gasteiger partial charge in [-0.2, -0.15) is 11.8 Å². The van der Waals surface area contributed by atoms with Crippen molar-refractivity contribution in [3.8, 4) is 0 Å². The van der Waals surface area contributed by atoms with Crippen molar-refractivity contribution in [1.82, 2.24) is 0 Å². The highest BCUT2D eigenvalue weighted by Gasteiger charge is 2.11. The first-order chi connectivity index (χ1) is 9.56. The Hall–Kier alpha value is -1.81. The molecule has 0 radical (unpaired) electrons. The zero-order valence-electron chi connectivity index (χ0n) is 11.1. The third-order valence-corrected chi connectivity index (χ3v) is 3.96. The van der Waals surface area contributed by atoms with Crippen LogP contribution in [-0.4, -0.2) is 11.1 Å². The molecule has 0 spiro atoms. The molecule has 0 aromatic heterocycles. The fraction of sp³-hybridized carbons (Fsp3) is 0.188. The summed E-state index contributed by atoms with van der Waals surface area (Å²) < 4.78 is 13.1. The molecule has 0 heterocycles. The number of aromatic carboxylic acids is 1. The molecule has 20 heavy (non-hydrogen) atoms. The highest BCUT2D eigenvalue weighted by molar-refractivity contribution is 7.97. The number of carbonyl (C=O) groups is 1. The van der Waals surface area contributed by atoms with E-state index in [9.17, 15) is 9.18 Å². The molecular formula is C16H15FO2S. The van der Waals surface area contributed by atoms with Crippen LogP contribution >= 0.6 is 11.8 Å². The van der Waals surface area contributed by atoms with Crippen LogP contribution in [0.15, 0.2) is 42.5 Å². The summed E-state index contributed by atoms with van der Waals surface area (Å²) >= 11 is 1.62. The highest BCUT2D eigenvalue weighted by Crippen LogP contribution is 2.21. The number of hydrogen-bond donors (Lipinski definition) is 1. The summed E-state index contributed by atoms with van der Waals surface area (Å²) in [6, 6.07) is 12.1. The lowest BCUT2D eigenvalue weighted by atomic mass is 10.1. The van der Waals surface area contributed by atoms with E-state index in [-0.39, 0.29) is 5.56 Å². The molecule has 0 bridgehead atoms. The van der Waals surface area contributed by atoms with Gasteiger partial charge in [-0.1, -0.05) is 35.9 Å². The zero-order valence-corrected chi connectivity index (χ0v) is 11.9. The minimum atomic E-state index is -1.09. The van der Waals surface area contributed by atoms with Crippen molar-refractivity contribution in [3.63, 3.8) is 0 Å². The monoisotopic (exact) mass is 290 g/mol. The predicted molar refractivity (Wildman–Crippen MR) is 79.5 cm³/mol. The number of carboxylic acids is 1. The summed E-state index contributed by atoms with van der Waals surface area (Å²) in [4.78, 5) is 11.1. The van der Waals surface area contributed by atoms with E-state index in [4.69, 9.17) is 5.11 Å². The molecule has 0 saturated heterocycles. The van der Waals surface area contributed by atoms with Crippen molar-refractivity contribution < 1.29 is 14.3 Å². The largest absolute Gasteiger partial charge is 0.478 e. The standard InChI is InChI=1S/C16H15FO2S/c1-11-3-2-4-12(7-11)9-20-10-13-5-6-14(17)8-15(13)16(18)19/h2-8H,9-10H2,1H3,(H,18,19). The van der Waals surface area contributed by atoms with Crippen molar-refractivity contribution in [2.75, 3.05) is 0 Å². The zero-order chi connectivity index (χ0) is 14.5. The van der Waals surface area contributed by atoms with Crippen LogP contribution in [-0.2, 0) is 11.5 Å². The van der Waals surface area contributed by atoms with E-state index in [0.717, 1.165) is 11.8 Å². The number of hydrogen-bond acceptors (Lipinski definition) is 2. The second-order valence-corrected chi connectivity index (χ2v) is 5.57. The summed E-state index contributed by atoms with van der Waals surface area (Å²) in [5.41, 5.74) is 3.10. The first-order valence-corrected chi connectivity index (χ1v) is 7.37. The first kappa shape index (κ1) is 14.6. The SMILES string of the molecule is Cc1cccc(CSCc2ccc(F)cc2C(=O)O)c1. The van der Waals surface area contributed by atoms with Crippen molar-refractivity contribution in [1.29, 1.82) is 0 Å². The van der Waals surface area contributed by atoms with Crippen molar-refractivity contribution >= 4 is 17.7 Å². The molecule has 2 nitrogen and oxygen atoms in total. The third kappa shape index (κ3) is 3.84. The van der Waals surface area contributed by atoms with Crippen molar-refractivity contribution in [2.24, 2.45) is 0 Å². The van der Waals surface area contributed by atoms with Gasteiger partial charge in [0.2, 0.25) is 0 Å². The number of rotatable bonds is 5. The summed E-state index contributed by atoms with van der Waals surface area (Å²) in [7, 11) is 0. The maximum absolute atomic E-state index is 13.1. The molecule has 0 aliphatic carbocycles. The van der Waals surface area contributed by atoms with Gasteiger partial charge in [-0.15, -0.1) is 0 Å². The van der Waals surface area contributed by atoms with E-state index >= 15 is 0 Å². The molecule has 2 rings (SSSR count). The Kier molecular flexibility index (Phi) is 4.79. The summed E-state index contributed by atoms with van der Waals surface area (Å²) in [5, 5.41) is 9.07. The summed E-state index contributed by atoms with van der Waals surface area (Å²) in [6.07, 6.45) is 0. The molecule has 2 aromatic rings. The van der Waals surface area contributed by atoms with E-state index < -0.39 is 11.8 Å². The fourth-order valence-corrected chi connectivity index (χ4v) is 2.94. The second-order valence-electron chi connectivity index (χ2n) is 4.59. The van der Waals surface area contributed by atoms with Crippen LogP contribution in [0, 0.1) is 12.7 Å². The van der Waals surface area contributed by atoms with Crippen molar-refractivity contribution in [2.45, 2.75) is 18.4 Å². The normalized spacial score (nSPS) is 10.5. The average molecular weight is 290 g/mol. The molecule has 0 aliphatic rings. The second kappa shape index (κ2) is 6.57. The van der Waals surface area contributed by atoms with Gasteiger partial charge in [0, 0.05) is 11.5 Å². The highest BCUT2D eigenvalue weighted by atomic mass is 32.2. The Bertz CT molecular complexity index is 626. The Morgan fingerprint density at radius 3 is 2.70 bits per heavy atom. The smallest absolute Gasteiger partial charge is 0.336 e. The maximum Gasteiger partial charge on any atom is 0.336 e. The van der Waals surface area contributed by atoms with Gasteiger partial charge >= 0.3 is 5.97 Å². The Balaban J connectivity index is 2.02. The van der Waals surface area contributed by atoms with E-state index in [0.29, 0.717) is 11.3 Å². The third-order valence-electron chi connectivity index (χ3n) is 2.91. The van der Waals surface area contributed by atoms with E-state index in [1.807, 2.05) is 25.1 Å². The van der Waals surface area contributed by atoms with Gasteiger partial charge in [0.05, 0.1) is 5.56 Å². The Labute approximate surface area is 121 Å². The maximum atomic E-state index is 13.1. The van der Waals surface area contributed by atoms with Gasteiger partial charge in [-0.05, 0) is 30.2 Å². The van der Waals surface area contributed by atoms with Crippen LogP contribution < -0.4 is 0 Å².